The second-order valence-electron chi connectivity index (χ2n) is 3.11. The van der Waals surface area contributed by atoms with Crippen molar-refractivity contribution < 1.29 is 4.79 Å². The zero-order valence-corrected chi connectivity index (χ0v) is 10.8. The summed E-state index contributed by atoms with van der Waals surface area (Å²) in [5.41, 5.74) is 0.475. The maximum absolute atomic E-state index is 11.8. The smallest absolute Gasteiger partial charge is 0.281 e. The number of pyridine rings is 1. The Morgan fingerprint density at radius 3 is 3.00 bits per heavy atom. The molecule has 0 saturated heterocycles. The molecule has 0 atom stereocenters. The van der Waals surface area contributed by atoms with Gasteiger partial charge in [0.25, 0.3) is 5.91 Å². The lowest BCUT2D eigenvalue weighted by Crippen LogP contribution is -2.12. The van der Waals surface area contributed by atoms with Gasteiger partial charge in [0.2, 0.25) is 0 Å². The van der Waals surface area contributed by atoms with Gasteiger partial charge in [0.05, 0.1) is 5.56 Å². The number of aryl methyl sites for hydroxylation is 1. The van der Waals surface area contributed by atoms with Crippen LogP contribution in [0.25, 0.3) is 0 Å². The van der Waals surface area contributed by atoms with Crippen molar-refractivity contribution in [1.29, 1.82) is 0 Å². The molecule has 16 heavy (non-hydrogen) atoms. The standard InChI is InChI=1S/C10H8BrN3OS/c1-14-2-3-16-10(14)13-9(15)7-4-8(11)6-12-5-7/h2-6H,1H3. The molecule has 0 aliphatic rings. The summed E-state index contributed by atoms with van der Waals surface area (Å²) < 4.78 is 2.57. The van der Waals surface area contributed by atoms with E-state index in [9.17, 15) is 4.79 Å². The van der Waals surface area contributed by atoms with Crippen LogP contribution in [0.2, 0.25) is 0 Å². The van der Waals surface area contributed by atoms with Gasteiger partial charge < -0.3 is 4.57 Å². The van der Waals surface area contributed by atoms with Crippen LogP contribution in [0, 0.1) is 0 Å². The SMILES string of the molecule is Cn1ccsc1=NC(=O)c1cncc(Br)c1. The first-order valence-corrected chi connectivity index (χ1v) is 6.14. The van der Waals surface area contributed by atoms with Crippen molar-refractivity contribution in [3.63, 3.8) is 0 Å². The zero-order valence-electron chi connectivity index (χ0n) is 8.42. The monoisotopic (exact) mass is 297 g/mol. The van der Waals surface area contributed by atoms with Gasteiger partial charge in [-0.05, 0) is 22.0 Å². The van der Waals surface area contributed by atoms with Crippen LogP contribution in [0.4, 0.5) is 0 Å². The number of aromatic nitrogens is 2. The van der Waals surface area contributed by atoms with E-state index in [1.165, 1.54) is 17.5 Å². The summed E-state index contributed by atoms with van der Waals surface area (Å²) in [5.74, 6) is -0.285. The summed E-state index contributed by atoms with van der Waals surface area (Å²) in [6, 6.07) is 1.70. The van der Waals surface area contributed by atoms with Crippen molar-refractivity contribution in [3.05, 3.63) is 44.9 Å². The first-order chi connectivity index (χ1) is 7.66. The van der Waals surface area contributed by atoms with Crippen molar-refractivity contribution in [2.75, 3.05) is 0 Å². The fraction of sp³-hybridized carbons (Fsp3) is 0.100. The molecule has 2 rings (SSSR count). The molecule has 1 amide bonds. The molecule has 0 unspecified atom stereocenters. The Bertz CT molecular complexity index is 588. The summed E-state index contributed by atoms with van der Waals surface area (Å²) in [6.07, 6.45) is 4.99. The summed E-state index contributed by atoms with van der Waals surface area (Å²) in [7, 11) is 1.85. The molecule has 0 spiro atoms. The lowest BCUT2D eigenvalue weighted by atomic mass is 10.3. The summed E-state index contributed by atoms with van der Waals surface area (Å²) in [5, 5.41) is 1.88. The largest absolute Gasteiger partial charge is 0.327 e. The van der Waals surface area contributed by atoms with Crippen molar-refractivity contribution in [3.8, 4) is 0 Å². The molecule has 0 fully saturated rings. The predicted octanol–water partition coefficient (Wildman–Crippen LogP) is 1.99. The minimum Gasteiger partial charge on any atom is -0.327 e. The van der Waals surface area contributed by atoms with Crippen molar-refractivity contribution in [1.82, 2.24) is 9.55 Å². The number of rotatable bonds is 1. The summed E-state index contributed by atoms with van der Waals surface area (Å²) in [4.78, 5) is 20.4. The molecule has 6 heteroatoms. The Balaban J connectivity index is 2.38. The van der Waals surface area contributed by atoms with Gasteiger partial charge in [-0.15, -0.1) is 11.3 Å². The first-order valence-electron chi connectivity index (χ1n) is 4.46. The maximum atomic E-state index is 11.8. The molecule has 0 radical (unpaired) electrons. The van der Waals surface area contributed by atoms with E-state index in [1.807, 2.05) is 18.6 Å². The zero-order chi connectivity index (χ0) is 11.5. The number of hydrogen-bond acceptors (Lipinski definition) is 3. The minimum atomic E-state index is -0.285. The van der Waals surface area contributed by atoms with Crippen LogP contribution in [0.5, 0.6) is 0 Å². The molecule has 82 valence electrons. The van der Waals surface area contributed by atoms with E-state index in [2.05, 4.69) is 25.9 Å². The number of hydrogen-bond donors (Lipinski definition) is 0. The van der Waals surface area contributed by atoms with E-state index in [4.69, 9.17) is 0 Å². The molecule has 2 heterocycles. The Morgan fingerprint density at radius 1 is 1.56 bits per heavy atom. The average Bonchev–Trinajstić information content (AvgIpc) is 2.64. The number of halogens is 1. The van der Waals surface area contributed by atoms with E-state index < -0.39 is 0 Å². The number of carbonyl (C=O) groups excluding carboxylic acids is 1. The normalized spacial score (nSPS) is 11.8. The first kappa shape index (κ1) is 11.2. The van der Waals surface area contributed by atoms with Crippen LogP contribution < -0.4 is 4.80 Å². The quantitative estimate of drug-likeness (QED) is 0.808. The summed E-state index contributed by atoms with van der Waals surface area (Å²) >= 11 is 4.68. The van der Waals surface area contributed by atoms with E-state index in [0.29, 0.717) is 10.4 Å². The van der Waals surface area contributed by atoms with Crippen molar-refractivity contribution >= 4 is 33.2 Å². The molecule has 0 N–H and O–H groups in total. The van der Waals surface area contributed by atoms with E-state index >= 15 is 0 Å². The van der Waals surface area contributed by atoms with E-state index in [0.717, 1.165) is 4.47 Å². The van der Waals surface area contributed by atoms with Crippen LogP contribution in [0.1, 0.15) is 10.4 Å². The van der Waals surface area contributed by atoms with Gasteiger partial charge in [0.1, 0.15) is 0 Å². The van der Waals surface area contributed by atoms with Crippen LogP contribution in [-0.2, 0) is 7.05 Å². The van der Waals surface area contributed by atoms with Crippen LogP contribution >= 0.6 is 27.3 Å². The number of carbonyl (C=O) groups is 1. The molecule has 0 aliphatic heterocycles. The Kier molecular flexibility index (Phi) is 3.31. The third-order valence-corrected chi connectivity index (χ3v) is 3.19. The van der Waals surface area contributed by atoms with Gasteiger partial charge in [0.15, 0.2) is 4.80 Å². The van der Waals surface area contributed by atoms with E-state index in [-0.39, 0.29) is 5.91 Å². The Hall–Kier alpha value is -1.27. The predicted molar refractivity (Wildman–Crippen MR) is 65.1 cm³/mol. The van der Waals surface area contributed by atoms with Gasteiger partial charge >= 0.3 is 0 Å². The topological polar surface area (TPSA) is 47.2 Å². The number of nitrogens with zero attached hydrogens (tertiary/aromatic N) is 3. The van der Waals surface area contributed by atoms with Crippen LogP contribution in [0.3, 0.4) is 0 Å². The maximum Gasteiger partial charge on any atom is 0.281 e. The summed E-state index contributed by atoms with van der Waals surface area (Å²) in [6.45, 7) is 0. The third kappa shape index (κ3) is 2.45. The lowest BCUT2D eigenvalue weighted by Gasteiger charge is -1.95. The highest BCUT2D eigenvalue weighted by Gasteiger charge is 2.05. The highest BCUT2D eigenvalue weighted by Crippen LogP contribution is 2.10. The van der Waals surface area contributed by atoms with Crippen molar-refractivity contribution in [2.24, 2.45) is 12.0 Å². The van der Waals surface area contributed by atoms with Gasteiger partial charge in [-0.2, -0.15) is 4.99 Å². The van der Waals surface area contributed by atoms with Crippen molar-refractivity contribution in [2.45, 2.75) is 0 Å². The molecule has 0 aromatic carbocycles. The Labute approximate surface area is 104 Å². The number of amides is 1. The molecule has 2 aromatic heterocycles. The number of thiazole rings is 1. The molecule has 4 nitrogen and oxygen atoms in total. The molecule has 0 aliphatic carbocycles. The molecule has 0 bridgehead atoms. The fourth-order valence-electron chi connectivity index (χ4n) is 1.11. The fourth-order valence-corrected chi connectivity index (χ4v) is 2.21. The van der Waals surface area contributed by atoms with Gasteiger partial charge in [-0.1, -0.05) is 0 Å². The van der Waals surface area contributed by atoms with Gasteiger partial charge in [-0.3, -0.25) is 9.78 Å². The molecule has 0 saturated carbocycles. The average molecular weight is 298 g/mol. The molecular formula is C10H8BrN3OS. The Morgan fingerprint density at radius 2 is 2.38 bits per heavy atom. The van der Waals surface area contributed by atoms with Gasteiger partial charge in [-0.25, -0.2) is 0 Å². The minimum absolute atomic E-state index is 0.285. The highest BCUT2D eigenvalue weighted by atomic mass is 79.9. The third-order valence-electron chi connectivity index (χ3n) is 1.91. The van der Waals surface area contributed by atoms with Crippen LogP contribution in [-0.4, -0.2) is 15.5 Å². The van der Waals surface area contributed by atoms with Crippen LogP contribution in [0.15, 0.2) is 39.5 Å². The van der Waals surface area contributed by atoms with E-state index in [1.54, 1.807) is 16.8 Å². The second kappa shape index (κ2) is 4.71. The molecular weight excluding hydrogens is 290 g/mol. The lowest BCUT2D eigenvalue weighted by molar-refractivity contribution is 0.0997. The van der Waals surface area contributed by atoms with Gasteiger partial charge in [0, 0.05) is 35.5 Å². The molecule has 2 aromatic rings. The highest BCUT2D eigenvalue weighted by molar-refractivity contribution is 9.10. The second-order valence-corrected chi connectivity index (χ2v) is 4.89.